The number of carbonyl (C=O) groups excluding carboxylic acids is 2. The zero-order valence-electron chi connectivity index (χ0n) is 19.6. The largest absolute Gasteiger partial charge is 0.459 e. The highest BCUT2D eigenvalue weighted by Gasteiger charge is 2.21. The summed E-state index contributed by atoms with van der Waals surface area (Å²) in [5.41, 5.74) is 4.95. The number of alkyl carbamates (subject to hydrolysis) is 1. The quantitative estimate of drug-likeness (QED) is 0.294. The van der Waals surface area contributed by atoms with Crippen LogP contribution in [0.2, 0.25) is 0 Å². The highest BCUT2D eigenvalue weighted by molar-refractivity contribution is 5.75. The molecule has 0 aromatic carbocycles. The third-order valence-electron chi connectivity index (χ3n) is 4.03. The lowest BCUT2D eigenvalue weighted by Crippen LogP contribution is -2.37. The lowest BCUT2D eigenvalue weighted by Gasteiger charge is -2.22. The van der Waals surface area contributed by atoms with Crippen molar-refractivity contribution in [2.45, 2.75) is 110 Å². The molecular weight excluding hydrogens is 370 g/mol. The summed E-state index contributed by atoms with van der Waals surface area (Å²) in [5, 5.41) is 6.23. The molecule has 29 heavy (non-hydrogen) atoms. The normalized spacial score (nSPS) is 13.1. The van der Waals surface area contributed by atoms with Crippen LogP contribution in [0.4, 0.5) is 4.79 Å². The van der Waals surface area contributed by atoms with Crippen LogP contribution in [0, 0.1) is 0 Å². The number of unbranched alkanes of at least 4 members (excludes halogenated alkanes) is 5. The van der Waals surface area contributed by atoms with Crippen molar-refractivity contribution in [3.8, 4) is 0 Å². The Morgan fingerprint density at radius 1 is 0.759 bits per heavy atom. The van der Waals surface area contributed by atoms with Crippen molar-refractivity contribution in [2.75, 3.05) is 19.6 Å². The molecule has 0 saturated carbocycles. The molecule has 1 amide bonds. The molecule has 0 aliphatic rings. The number of hydrogen-bond acceptors (Lipinski definition) is 6. The van der Waals surface area contributed by atoms with Crippen molar-refractivity contribution in [1.29, 1.82) is 0 Å². The number of ether oxygens (including phenoxy) is 2. The minimum Gasteiger partial charge on any atom is -0.459 e. The van der Waals surface area contributed by atoms with Gasteiger partial charge in [-0.05, 0) is 80.3 Å². The summed E-state index contributed by atoms with van der Waals surface area (Å²) in [6.07, 6.45) is 7.76. The van der Waals surface area contributed by atoms with Gasteiger partial charge in [0, 0.05) is 6.54 Å². The number of rotatable bonds is 14. The second-order valence-electron chi connectivity index (χ2n) is 9.58. The Labute approximate surface area is 177 Å². The van der Waals surface area contributed by atoms with Gasteiger partial charge in [-0.25, -0.2) is 4.79 Å². The minimum absolute atomic E-state index is 0.308. The van der Waals surface area contributed by atoms with Crippen LogP contribution >= 0.6 is 0 Å². The van der Waals surface area contributed by atoms with Crippen LogP contribution in [-0.2, 0) is 14.3 Å². The van der Waals surface area contributed by atoms with E-state index in [9.17, 15) is 9.59 Å². The lowest BCUT2D eigenvalue weighted by molar-refractivity contribution is -0.156. The van der Waals surface area contributed by atoms with Crippen molar-refractivity contribution < 1.29 is 19.1 Å². The SMILES string of the molecule is CC(C)(C)OC(=O)NCCCCCCNCCCCCC(N)C(=O)OC(C)(C)C. The van der Waals surface area contributed by atoms with Gasteiger partial charge in [0.25, 0.3) is 0 Å². The first-order chi connectivity index (χ1) is 13.4. The van der Waals surface area contributed by atoms with Crippen LogP contribution in [0.5, 0.6) is 0 Å². The van der Waals surface area contributed by atoms with E-state index in [0.717, 1.165) is 58.0 Å². The molecular formula is C22H45N3O4. The van der Waals surface area contributed by atoms with E-state index in [1.54, 1.807) is 0 Å². The second-order valence-corrected chi connectivity index (χ2v) is 9.58. The molecule has 0 spiro atoms. The maximum Gasteiger partial charge on any atom is 0.407 e. The molecule has 0 heterocycles. The van der Waals surface area contributed by atoms with Gasteiger partial charge in [0.1, 0.15) is 17.2 Å². The predicted octanol–water partition coefficient (Wildman–Crippen LogP) is 3.89. The molecule has 7 nitrogen and oxygen atoms in total. The van der Waals surface area contributed by atoms with Gasteiger partial charge in [-0.2, -0.15) is 0 Å². The van der Waals surface area contributed by atoms with Gasteiger partial charge in [-0.3, -0.25) is 4.79 Å². The van der Waals surface area contributed by atoms with E-state index in [4.69, 9.17) is 15.2 Å². The highest BCUT2D eigenvalue weighted by atomic mass is 16.6. The Morgan fingerprint density at radius 3 is 1.76 bits per heavy atom. The lowest BCUT2D eigenvalue weighted by atomic mass is 10.1. The molecule has 0 radical (unpaired) electrons. The monoisotopic (exact) mass is 415 g/mol. The Kier molecular flexibility index (Phi) is 13.9. The molecule has 7 heteroatoms. The summed E-state index contributed by atoms with van der Waals surface area (Å²) < 4.78 is 10.5. The number of nitrogens with two attached hydrogens (primary N) is 1. The van der Waals surface area contributed by atoms with Crippen LogP contribution in [0.15, 0.2) is 0 Å². The van der Waals surface area contributed by atoms with E-state index < -0.39 is 17.2 Å². The Morgan fingerprint density at radius 2 is 1.24 bits per heavy atom. The summed E-state index contributed by atoms with van der Waals surface area (Å²) in [7, 11) is 0. The average Bonchev–Trinajstić information content (AvgIpc) is 2.55. The van der Waals surface area contributed by atoms with Crippen molar-refractivity contribution in [2.24, 2.45) is 5.73 Å². The molecule has 1 atom stereocenters. The highest BCUT2D eigenvalue weighted by Crippen LogP contribution is 2.11. The van der Waals surface area contributed by atoms with Gasteiger partial charge in [0.05, 0.1) is 0 Å². The molecule has 0 aromatic heterocycles. The van der Waals surface area contributed by atoms with Crippen molar-refractivity contribution in [3.63, 3.8) is 0 Å². The molecule has 0 saturated heterocycles. The summed E-state index contributed by atoms with van der Waals surface area (Å²) in [6, 6.07) is -0.521. The first-order valence-corrected chi connectivity index (χ1v) is 11.1. The average molecular weight is 416 g/mol. The van der Waals surface area contributed by atoms with E-state index in [0.29, 0.717) is 13.0 Å². The predicted molar refractivity (Wildman–Crippen MR) is 118 cm³/mol. The zero-order chi connectivity index (χ0) is 22.3. The van der Waals surface area contributed by atoms with Gasteiger partial charge >= 0.3 is 12.1 Å². The fraction of sp³-hybridized carbons (Fsp3) is 0.909. The molecule has 0 bridgehead atoms. The molecule has 0 fully saturated rings. The molecule has 0 aromatic rings. The summed E-state index contributed by atoms with van der Waals surface area (Å²) in [4.78, 5) is 23.3. The number of carbonyl (C=O) groups is 2. The van der Waals surface area contributed by atoms with Gasteiger partial charge < -0.3 is 25.8 Å². The molecule has 0 rings (SSSR count). The van der Waals surface area contributed by atoms with Crippen LogP contribution in [0.1, 0.15) is 92.9 Å². The summed E-state index contributed by atoms with van der Waals surface area (Å²) in [6.45, 7) is 13.8. The third kappa shape index (κ3) is 19.7. The maximum absolute atomic E-state index is 11.8. The molecule has 172 valence electrons. The number of amides is 1. The standard InChI is InChI=1S/C22H45N3O4/c1-21(2,3)28-19(26)18(23)14-10-9-12-16-24-15-11-7-8-13-17-25-20(27)29-22(4,5)6/h18,24H,7-17,23H2,1-6H3,(H,25,27). The van der Waals surface area contributed by atoms with Crippen LogP contribution < -0.4 is 16.4 Å². The van der Waals surface area contributed by atoms with Crippen molar-refractivity contribution in [1.82, 2.24) is 10.6 Å². The number of nitrogens with one attached hydrogen (secondary N) is 2. The Bertz CT molecular complexity index is 456. The molecule has 0 aliphatic carbocycles. The van der Waals surface area contributed by atoms with Gasteiger partial charge in [0.2, 0.25) is 0 Å². The zero-order valence-corrected chi connectivity index (χ0v) is 19.6. The maximum atomic E-state index is 11.8. The molecule has 4 N–H and O–H groups in total. The van der Waals surface area contributed by atoms with Crippen molar-refractivity contribution in [3.05, 3.63) is 0 Å². The van der Waals surface area contributed by atoms with Gasteiger partial charge in [-0.1, -0.05) is 25.7 Å². The smallest absolute Gasteiger partial charge is 0.407 e. The minimum atomic E-state index is -0.521. The topological polar surface area (TPSA) is 103 Å². The van der Waals surface area contributed by atoms with Crippen LogP contribution in [-0.4, -0.2) is 48.9 Å². The van der Waals surface area contributed by atoms with Gasteiger partial charge in [-0.15, -0.1) is 0 Å². The Balaban J connectivity index is 3.40. The van der Waals surface area contributed by atoms with Crippen molar-refractivity contribution >= 4 is 12.1 Å². The first-order valence-electron chi connectivity index (χ1n) is 11.1. The van der Waals surface area contributed by atoms with Crippen LogP contribution in [0.3, 0.4) is 0 Å². The number of esters is 1. The summed E-state index contributed by atoms with van der Waals surface area (Å²) >= 11 is 0. The van der Waals surface area contributed by atoms with E-state index in [1.807, 2.05) is 41.5 Å². The third-order valence-corrected chi connectivity index (χ3v) is 4.03. The van der Waals surface area contributed by atoms with E-state index in [-0.39, 0.29) is 12.1 Å². The summed E-state index contributed by atoms with van der Waals surface area (Å²) in [5.74, 6) is -0.308. The van der Waals surface area contributed by atoms with E-state index in [1.165, 1.54) is 0 Å². The fourth-order valence-corrected chi connectivity index (χ4v) is 2.64. The van der Waals surface area contributed by atoms with Crippen LogP contribution in [0.25, 0.3) is 0 Å². The fourth-order valence-electron chi connectivity index (χ4n) is 2.64. The second kappa shape index (κ2) is 14.6. The number of hydrogen-bond donors (Lipinski definition) is 3. The Hall–Kier alpha value is -1.34. The molecule has 1 unspecified atom stereocenters. The first kappa shape index (κ1) is 27.7. The van der Waals surface area contributed by atoms with E-state index >= 15 is 0 Å². The van der Waals surface area contributed by atoms with E-state index in [2.05, 4.69) is 10.6 Å². The molecule has 0 aliphatic heterocycles. The van der Waals surface area contributed by atoms with Gasteiger partial charge in [0.15, 0.2) is 0 Å².